The van der Waals surface area contributed by atoms with Crippen molar-refractivity contribution in [1.82, 2.24) is 19.6 Å². The molecule has 30 heavy (non-hydrogen) atoms. The van der Waals surface area contributed by atoms with E-state index in [1.807, 2.05) is 0 Å². The first-order chi connectivity index (χ1) is 13.9. The molecule has 0 aliphatic carbocycles. The Bertz CT molecular complexity index is 1220. The Balaban J connectivity index is 2.13. The molecule has 0 fully saturated rings. The Hall–Kier alpha value is -3.22. The summed E-state index contributed by atoms with van der Waals surface area (Å²) < 4.78 is 73.9. The minimum Gasteiger partial charge on any atom is -0.459 e. The molecule has 0 spiro atoms. The number of nitrogens with zero attached hydrogens (tertiary/aromatic N) is 4. The van der Waals surface area contributed by atoms with Crippen LogP contribution in [0.3, 0.4) is 0 Å². The van der Waals surface area contributed by atoms with E-state index in [1.165, 1.54) is 20.0 Å². The first kappa shape index (κ1) is 21.5. The molecule has 1 N–H and O–H groups in total. The molecular formula is C17H16F3N5O4S. The minimum absolute atomic E-state index is 0.0566. The van der Waals surface area contributed by atoms with Crippen molar-refractivity contribution in [2.45, 2.75) is 38.2 Å². The molecule has 0 saturated heterocycles. The van der Waals surface area contributed by atoms with Gasteiger partial charge in [0.25, 0.3) is 21.0 Å². The van der Waals surface area contributed by atoms with Crippen LogP contribution in [0.5, 0.6) is 0 Å². The predicted octanol–water partition coefficient (Wildman–Crippen LogP) is 2.82. The summed E-state index contributed by atoms with van der Waals surface area (Å²) in [6, 6.07) is 4.20. The highest BCUT2D eigenvalue weighted by atomic mass is 32.2. The summed E-state index contributed by atoms with van der Waals surface area (Å²) in [6.45, 7) is 4.63. The highest BCUT2D eigenvalue weighted by molar-refractivity contribution is 7.92. The number of nitrogens with one attached hydrogen (secondary N) is 1. The van der Waals surface area contributed by atoms with Gasteiger partial charge < -0.3 is 4.74 Å². The summed E-state index contributed by atoms with van der Waals surface area (Å²) in [4.78, 5) is 19.9. The standard InChI is InChI=1S/C17H16F3N5O4S/c1-9(2)29-14(26)11-5-4-6-12(17(18,19)20)13(11)24-30(27,28)16-22-15-21-8-7-10(3)25(15)23-16/h4-9,24H,1-3H3. The summed E-state index contributed by atoms with van der Waals surface area (Å²) in [7, 11) is -4.70. The average Bonchev–Trinajstić information content (AvgIpc) is 3.06. The summed E-state index contributed by atoms with van der Waals surface area (Å²) in [5, 5.41) is 2.99. The number of aryl methyl sites for hydroxylation is 1. The normalized spacial score (nSPS) is 12.4. The molecular weight excluding hydrogens is 427 g/mol. The van der Waals surface area contributed by atoms with E-state index in [1.54, 1.807) is 17.7 Å². The maximum Gasteiger partial charge on any atom is 0.418 e. The number of carbonyl (C=O) groups is 1. The van der Waals surface area contributed by atoms with E-state index in [0.29, 0.717) is 11.8 Å². The SMILES string of the molecule is Cc1ccnc2nc(S(=O)(=O)Nc3c(C(=O)OC(C)C)cccc3C(F)(F)F)nn12. The lowest BCUT2D eigenvalue weighted by molar-refractivity contribution is -0.136. The van der Waals surface area contributed by atoms with E-state index in [2.05, 4.69) is 15.1 Å². The van der Waals surface area contributed by atoms with Gasteiger partial charge in [-0.1, -0.05) is 6.07 Å². The van der Waals surface area contributed by atoms with Crippen LogP contribution in [-0.4, -0.2) is 40.1 Å². The maximum absolute atomic E-state index is 13.5. The van der Waals surface area contributed by atoms with Gasteiger partial charge in [-0.25, -0.2) is 14.3 Å². The van der Waals surface area contributed by atoms with Gasteiger partial charge in [-0.3, -0.25) is 4.72 Å². The van der Waals surface area contributed by atoms with Crippen molar-refractivity contribution in [3.63, 3.8) is 0 Å². The van der Waals surface area contributed by atoms with E-state index in [4.69, 9.17) is 4.74 Å². The zero-order valence-electron chi connectivity index (χ0n) is 15.9. The van der Waals surface area contributed by atoms with Crippen LogP contribution in [0.1, 0.15) is 35.5 Å². The number of hydrogen-bond donors (Lipinski definition) is 1. The number of anilines is 1. The van der Waals surface area contributed by atoms with Crippen LogP contribution in [0.15, 0.2) is 35.6 Å². The monoisotopic (exact) mass is 443 g/mol. The van der Waals surface area contributed by atoms with Gasteiger partial charge in [0.2, 0.25) is 0 Å². The zero-order chi connectivity index (χ0) is 22.3. The van der Waals surface area contributed by atoms with Crippen LogP contribution in [0, 0.1) is 6.92 Å². The van der Waals surface area contributed by atoms with E-state index in [0.717, 1.165) is 16.6 Å². The number of benzene rings is 1. The van der Waals surface area contributed by atoms with Gasteiger partial charge in [0, 0.05) is 11.9 Å². The lowest BCUT2D eigenvalue weighted by Gasteiger charge is -2.17. The molecule has 0 radical (unpaired) electrons. The first-order valence-corrected chi connectivity index (χ1v) is 10.0. The number of carbonyl (C=O) groups excluding carboxylic acids is 1. The number of para-hydroxylation sites is 1. The molecule has 3 aromatic rings. The minimum atomic E-state index is -4.95. The Morgan fingerprint density at radius 3 is 2.53 bits per heavy atom. The van der Waals surface area contributed by atoms with Crippen LogP contribution >= 0.6 is 0 Å². The van der Waals surface area contributed by atoms with E-state index in [9.17, 15) is 26.4 Å². The number of hydrogen-bond acceptors (Lipinski definition) is 7. The van der Waals surface area contributed by atoms with Crippen molar-refractivity contribution in [2.75, 3.05) is 4.72 Å². The van der Waals surface area contributed by atoms with E-state index >= 15 is 0 Å². The smallest absolute Gasteiger partial charge is 0.418 e. The second kappa shape index (κ2) is 7.55. The largest absolute Gasteiger partial charge is 0.459 e. The summed E-state index contributed by atoms with van der Waals surface area (Å²) >= 11 is 0. The van der Waals surface area contributed by atoms with E-state index < -0.39 is 50.2 Å². The highest BCUT2D eigenvalue weighted by Gasteiger charge is 2.37. The molecule has 0 aliphatic rings. The number of rotatable bonds is 5. The second-order valence-corrected chi connectivity index (χ2v) is 8.05. The topological polar surface area (TPSA) is 116 Å². The molecule has 3 rings (SSSR count). The molecule has 0 aliphatic heterocycles. The maximum atomic E-state index is 13.5. The molecule has 13 heteroatoms. The van der Waals surface area contributed by atoms with Gasteiger partial charge in [0.15, 0.2) is 0 Å². The molecule has 9 nitrogen and oxygen atoms in total. The summed E-state index contributed by atoms with van der Waals surface area (Å²) in [5.74, 6) is -1.17. The van der Waals surface area contributed by atoms with Crippen LogP contribution in [0.4, 0.5) is 18.9 Å². The second-order valence-electron chi connectivity index (χ2n) is 6.48. The third-order valence-electron chi connectivity index (χ3n) is 3.82. The third-order valence-corrected chi connectivity index (χ3v) is 4.95. The number of sulfonamides is 1. The molecule has 0 atom stereocenters. The predicted molar refractivity (Wildman–Crippen MR) is 98.3 cm³/mol. The van der Waals surface area contributed by atoms with Crippen molar-refractivity contribution < 1.29 is 31.1 Å². The molecule has 160 valence electrons. The van der Waals surface area contributed by atoms with Gasteiger partial charge >= 0.3 is 12.1 Å². The molecule has 0 saturated carbocycles. The van der Waals surface area contributed by atoms with Crippen LogP contribution in [0.25, 0.3) is 5.78 Å². The van der Waals surface area contributed by atoms with Crippen LogP contribution < -0.4 is 4.72 Å². The number of alkyl halides is 3. The average molecular weight is 443 g/mol. The van der Waals surface area contributed by atoms with Gasteiger partial charge in [-0.2, -0.15) is 26.6 Å². The molecule has 2 aromatic heterocycles. The third kappa shape index (κ3) is 4.20. The number of fused-ring (bicyclic) bond motifs is 1. The fourth-order valence-electron chi connectivity index (χ4n) is 2.53. The lowest BCUT2D eigenvalue weighted by atomic mass is 10.1. The molecule has 0 unspecified atom stereocenters. The van der Waals surface area contributed by atoms with Gasteiger partial charge in [-0.15, -0.1) is 5.10 Å². The van der Waals surface area contributed by atoms with E-state index in [-0.39, 0.29) is 5.78 Å². The Kier molecular flexibility index (Phi) is 5.41. The first-order valence-electron chi connectivity index (χ1n) is 8.52. The lowest BCUT2D eigenvalue weighted by Crippen LogP contribution is -2.22. The van der Waals surface area contributed by atoms with Gasteiger partial charge in [0.05, 0.1) is 22.9 Å². The van der Waals surface area contributed by atoms with Crippen LogP contribution in [-0.2, 0) is 20.9 Å². The fourth-order valence-corrected chi connectivity index (χ4v) is 3.50. The number of ether oxygens (including phenoxy) is 1. The quantitative estimate of drug-likeness (QED) is 0.603. The zero-order valence-corrected chi connectivity index (χ0v) is 16.7. The highest BCUT2D eigenvalue weighted by Crippen LogP contribution is 2.38. The Morgan fingerprint density at radius 1 is 1.23 bits per heavy atom. The van der Waals surface area contributed by atoms with Crippen molar-refractivity contribution in [2.24, 2.45) is 0 Å². The molecule has 0 amide bonds. The summed E-state index contributed by atoms with van der Waals surface area (Å²) in [6.07, 6.45) is -4.20. The molecule has 1 aromatic carbocycles. The Morgan fingerprint density at radius 2 is 1.93 bits per heavy atom. The number of halogens is 3. The van der Waals surface area contributed by atoms with Gasteiger partial charge in [-0.05, 0) is 39.0 Å². The number of esters is 1. The molecule has 2 heterocycles. The fraction of sp³-hybridized carbons (Fsp3) is 0.294. The Labute approximate surface area is 169 Å². The van der Waals surface area contributed by atoms with Crippen molar-refractivity contribution in [3.8, 4) is 0 Å². The molecule has 0 bridgehead atoms. The summed E-state index contributed by atoms with van der Waals surface area (Å²) in [5.41, 5.74) is -2.42. The van der Waals surface area contributed by atoms with Crippen molar-refractivity contribution in [3.05, 3.63) is 47.3 Å². The number of aromatic nitrogens is 4. The van der Waals surface area contributed by atoms with Crippen LogP contribution in [0.2, 0.25) is 0 Å². The van der Waals surface area contributed by atoms with Gasteiger partial charge in [0.1, 0.15) is 0 Å². The van der Waals surface area contributed by atoms with Crippen molar-refractivity contribution >= 4 is 27.5 Å². The van der Waals surface area contributed by atoms with Crippen molar-refractivity contribution in [1.29, 1.82) is 0 Å².